The number of fused-ring (bicyclic) bond motifs is 1. The van der Waals surface area contributed by atoms with Crippen molar-refractivity contribution in [3.63, 3.8) is 0 Å². The number of amides is 1. The fraction of sp³-hybridized carbons (Fsp3) is 0.400. The zero-order chi connectivity index (χ0) is 22.4. The van der Waals surface area contributed by atoms with Gasteiger partial charge < -0.3 is 10.2 Å². The fourth-order valence-electron chi connectivity index (χ4n) is 3.56. The van der Waals surface area contributed by atoms with E-state index in [1.807, 2.05) is 11.8 Å². The summed E-state index contributed by atoms with van der Waals surface area (Å²) in [5.74, 6) is -2.64. The molecule has 3 aromatic heterocycles. The van der Waals surface area contributed by atoms with E-state index >= 15 is 0 Å². The zero-order valence-electron chi connectivity index (χ0n) is 17.2. The predicted octanol–water partition coefficient (Wildman–Crippen LogP) is 3.02. The lowest BCUT2D eigenvalue weighted by Crippen LogP contribution is -2.24. The van der Waals surface area contributed by atoms with Crippen LogP contribution in [0.15, 0.2) is 24.5 Å². The van der Waals surface area contributed by atoms with Gasteiger partial charge in [-0.3, -0.25) is 4.79 Å². The van der Waals surface area contributed by atoms with Crippen LogP contribution in [-0.4, -0.2) is 43.7 Å². The summed E-state index contributed by atoms with van der Waals surface area (Å²) in [6.45, 7) is 5.08. The van der Waals surface area contributed by atoms with E-state index in [0.717, 1.165) is 13.0 Å². The van der Waals surface area contributed by atoms with Gasteiger partial charge in [0, 0.05) is 45.4 Å². The van der Waals surface area contributed by atoms with Crippen molar-refractivity contribution in [2.75, 3.05) is 23.3 Å². The largest absolute Gasteiger partial charge is 0.353 e. The highest BCUT2D eigenvalue weighted by atomic mass is 19.3. The molecular weight excluding hydrogens is 406 g/mol. The minimum atomic E-state index is -3.14. The molecule has 1 N–H and O–H groups in total. The summed E-state index contributed by atoms with van der Waals surface area (Å²) in [6.07, 6.45) is 3.48. The standard InChI is InChI=1S/C20H20F2N8O/c1-12(31)26-16-8-14-13(9-25-16)17(29-7-5-19(2,10-23)11-29)28-30(14)18-24-6-4-15(27-18)20(3,21)22/h4,6,8-9H,5,7,11H2,1-3H3,(H,25,26,31). The molecule has 1 amide bonds. The number of alkyl halides is 2. The molecule has 1 atom stereocenters. The van der Waals surface area contributed by atoms with Gasteiger partial charge >= 0.3 is 0 Å². The van der Waals surface area contributed by atoms with Crippen molar-refractivity contribution in [3.8, 4) is 12.0 Å². The smallest absolute Gasteiger partial charge is 0.287 e. The second-order valence-electron chi connectivity index (χ2n) is 7.98. The third-order valence-electron chi connectivity index (χ3n) is 5.17. The van der Waals surface area contributed by atoms with E-state index in [1.165, 1.54) is 17.8 Å². The number of carbonyl (C=O) groups excluding carboxylic acids is 1. The minimum absolute atomic E-state index is 0.0301. The van der Waals surface area contributed by atoms with Crippen LogP contribution in [0.3, 0.4) is 0 Å². The average molecular weight is 426 g/mol. The maximum atomic E-state index is 13.8. The highest BCUT2D eigenvalue weighted by molar-refractivity contribution is 5.95. The van der Waals surface area contributed by atoms with Crippen molar-refractivity contribution in [2.24, 2.45) is 5.41 Å². The molecule has 1 aliphatic rings. The van der Waals surface area contributed by atoms with Gasteiger partial charge in [0.1, 0.15) is 11.5 Å². The summed E-state index contributed by atoms with van der Waals surface area (Å²) in [7, 11) is 0. The van der Waals surface area contributed by atoms with Gasteiger partial charge in [0.25, 0.3) is 11.9 Å². The second-order valence-corrected chi connectivity index (χ2v) is 7.98. The summed E-state index contributed by atoms with van der Waals surface area (Å²) in [5, 5.41) is 17.3. The van der Waals surface area contributed by atoms with Crippen LogP contribution in [0.1, 0.15) is 32.9 Å². The van der Waals surface area contributed by atoms with E-state index in [9.17, 15) is 18.8 Å². The van der Waals surface area contributed by atoms with Crippen molar-refractivity contribution >= 4 is 28.4 Å². The lowest BCUT2D eigenvalue weighted by atomic mass is 9.92. The molecule has 9 nitrogen and oxygen atoms in total. The van der Waals surface area contributed by atoms with Crippen LogP contribution < -0.4 is 10.2 Å². The van der Waals surface area contributed by atoms with Crippen LogP contribution in [0.5, 0.6) is 0 Å². The van der Waals surface area contributed by atoms with Crippen LogP contribution in [0.25, 0.3) is 16.9 Å². The molecule has 3 aromatic rings. The first-order valence-electron chi connectivity index (χ1n) is 9.64. The molecule has 160 valence electrons. The van der Waals surface area contributed by atoms with Gasteiger partial charge in [0.15, 0.2) is 5.82 Å². The minimum Gasteiger partial charge on any atom is -0.353 e. The first-order chi connectivity index (χ1) is 14.6. The van der Waals surface area contributed by atoms with Crippen LogP contribution in [0, 0.1) is 16.7 Å². The van der Waals surface area contributed by atoms with E-state index in [2.05, 4.69) is 31.4 Å². The number of anilines is 2. The van der Waals surface area contributed by atoms with E-state index in [-0.39, 0.29) is 17.7 Å². The van der Waals surface area contributed by atoms with Gasteiger partial charge in [-0.1, -0.05) is 0 Å². The molecule has 1 saturated heterocycles. The third kappa shape index (κ3) is 3.88. The Kier molecular flexibility index (Phi) is 4.80. The van der Waals surface area contributed by atoms with E-state index in [1.54, 1.807) is 12.3 Å². The van der Waals surface area contributed by atoms with Crippen molar-refractivity contribution < 1.29 is 13.6 Å². The maximum absolute atomic E-state index is 13.8. The molecule has 0 spiro atoms. The topological polar surface area (TPSA) is 113 Å². The highest BCUT2D eigenvalue weighted by Crippen LogP contribution is 2.36. The van der Waals surface area contributed by atoms with E-state index < -0.39 is 17.0 Å². The molecule has 1 unspecified atom stereocenters. The first-order valence-corrected chi connectivity index (χ1v) is 9.64. The number of nitrogens with one attached hydrogen (secondary N) is 1. The SMILES string of the molecule is CC(=O)Nc1cc2c(cn1)c(N1CCC(C)(C#N)C1)nn2-c1nccc(C(C)(F)F)n1. The number of carbonyl (C=O) groups is 1. The number of nitriles is 1. The molecular formula is C20H20F2N8O. The molecule has 4 heterocycles. The molecule has 0 radical (unpaired) electrons. The Balaban J connectivity index is 1.88. The summed E-state index contributed by atoms with van der Waals surface area (Å²) < 4.78 is 29.0. The summed E-state index contributed by atoms with van der Waals surface area (Å²) in [6, 6.07) is 5.08. The van der Waals surface area contributed by atoms with Gasteiger partial charge in [0.05, 0.1) is 22.4 Å². The Morgan fingerprint density at radius 2 is 2.16 bits per heavy atom. The molecule has 0 bridgehead atoms. The number of pyridine rings is 1. The summed E-state index contributed by atoms with van der Waals surface area (Å²) in [5.41, 5.74) is -0.451. The molecule has 1 fully saturated rings. The van der Waals surface area contributed by atoms with Crippen LogP contribution in [-0.2, 0) is 10.7 Å². The Hall–Kier alpha value is -3.68. The lowest BCUT2D eigenvalue weighted by molar-refractivity contribution is -0.114. The van der Waals surface area contributed by atoms with Crippen molar-refractivity contribution in [2.45, 2.75) is 33.1 Å². The van der Waals surface area contributed by atoms with Crippen LogP contribution in [0.4, 0.5) is 20.4 Å². The molecule has 31 heavy (non-hydrogen) atoms. The molecule has 0 aliphatic carbocycles. The Labute approximate surface area is 176 Å². The second kappa shape index (κ2) is 7.23. The van der Waals surface area contributed by atoms with Gasteiger partial charge in [-0.05, 0) is 19.4 Å². The Morgan fingerprint density at radius 3 is 2.81 bits per heavy atom. The molecule has 0 saturated carbocycles. The number of hydrogen-bond donors (Lipinski definition) is 1. The van der Waals surface area contributed by atoms with Crippen LogP contribution >= 0.6 is 0 Å². The lowest BCUT2D eigenvalue weighted by Gasteiger charge is -2.17. The summed E-state index contributed by atoms with van der Waals surface area (Å²) in [4.78, 5) is 25.8. The van der Waals surface area contributed by atoms with Crippen LogP contribution in [0.2, 0.25) is 0 Å². The molecule has 1 aliphatic heterocycles. The predicted molar refractivity (Wildman–Crippen MR) is 109 cm³/mol. The normalized spacial score (nSPS) is 18.9. The van der Waals surface area contributed by atoms with Crippen molar-refractivity contribution in [1.82, 2.24) is 24.7 Å². The third-order valence-corrected chi connectivity index (χ3v) is 5.17. The molecule has 0 aromatic carbocycles. The number of aromatic nitrogens is 5. The van der Waals surface area contributed by atoms with E-state index in [0.29, 0.717) is 36.2 Å². The van der Waals surface area contributed by atoms with Gasteiger partial charge in [-0.25, -0.2) is 15.0 Å². The van der Waals surface area contributed by atoms with E-state index in [4.69, 9.17) is 0 Å². The van der Waals surface area contributed by atoms with Gasteiger partial charge in [-0.2, -0.15) is 18.7 Å². The van der Waals surface area contributed by atoms with Gasteiger partial charge in [0.2, 0.25) is 5.91 Å². The molecule has 11 heteroatoms. The Morgan fingerprint density at radius 1 is 1.39 bits per heavy atom. The van der Waals surface area contributed by atoms with Gasteiger partial charge in [-0.15, -0.1) is 5.10 Å². The highest BCUT2D eigenvalue weighted by Gasteiger charge is 2.36. The number of nitrogens with zero attached hydrogens (tertiary/aromatic N) is 7. The zero-order valence-corrected chi connectivity index (χ0v) is 17.2. The Bertz CT molecular complexity index is 1210. The number of halogens is 2. The monoisotopic (exact) mass is 426 g/mol. The maximum Gasteiger partial charge on any atom is 0.287 e. The fourth-order valence-corrected chi connectivity index (χ4v) is 3.56. The number of rotatable bonds is 4. The molecule has 4 rings (SSSR count). The summed E-state index contributed by atoms with van der Waals surface area (Å²) >= 11 is 0. The average Bonchev–Trinajstić information content (AvgIpc) is 3.28. The first kappa shape index (κ1) is 20.6. The van der Waals surface area contributed by atoms with Crippen molar-refractivity contribution in [1.29, 1.82) is 5.26 Å². The quantitative estimate of drug-likeness (QED) is 0.682. The van der Waals surface area contributed by atoms with Crippen molar-refractivity contribution in [3.05, 3.63) is 30.2 Å². The number of hydrogen-bond acceptors (Lipinski definition) is 7.